The molecule has 0 atom stereocenters. The van der Waals surface area contributed by atoms with Crippen LogP contribution in [0.5, 0.6) is 0 Å². The van der Waals surface area contributed by atoms with Crippen LogP contribution in [0.2, 0.25) is 0 Å². The van der Waals surface area contributed by atoms with Crippen LogP contribution < -0.4 is 5.32 Å². The van der Waals surface area contributed by atoms with Gasteiger partial charge in [0.25, 0.3) is 0 Å². The van der Waals surface area contributed by atoms with Gasteiger partial charge in [0.05, 0.1) is 11.0 Å². The quantitative estimate of drug-likeness (QED) is 0.753. The summed E-state index contributed by atoms with van der Waals surface area (Å²) in [7, 11) is 0. The van der Waals surface area contributed by atoms with Gasteiger partial charge in [0.2, 0.25) is 0 Å². The van der Waals surface area contributed by atoms with Crippen LogP contribution >= 0.6 is 0 Å². The van der Waals surface area contributed by atoms with E-state index in [1.54, 1.807) is 0 Å². The minimum Gasteiger partial charge on any atom is -0.342 e. The van der Waals surface area contributed by atoms with Crippen molar-refractivity contribution in [1.29, 1.82) is 0 Å². The van der Waals surface area contributed by atoms with E-state index in [2.05, 4.69) is 33.5 Å². The van der Waals surface area contributed by atoms with E-state index in [4.69, 9.17) is 0 Å². The van der Waals surface area contributed by atoms with Gasteiger partial charge >= 0.3 is 0 Å². The summed E-state index contributed by atoms with van der Waals surface area (Å²) < 4.78 is 0. The molecule has 1 fully saturated rings. The predicted octanol–water partition coefficient (Wildman–Crippen LogP) is 4.06. The Kier molecular flexibility index (Phi) is 5.28. The van der Waals surface area contributed by atoms with E-state index in [-0.39, 0.29) is 0 Å². The fourth-order valence-corrected chi connectivity index (χ4v) is 3.41. The Bertz CT molecular complexity index is 507. The molecule has 1 aromatic carbocycles. The largest absolute Gasteiger partial charge is 0.342 e. The van der Waals surface area contributed by atoms with Gasteiger partial charge in [-0.15, -0.1) is 0 Å². The van der Waals surface area contributed by atoms with Crippen molar-refractivity contribution in [2.45, 2.75) is 51.4 Å². The van der Waals surface area contributed by atoms with Gasteiger partial charge in [-0.1, -0.05) is 44.2 Å². The minimum atomic E-state index is 0.988. The highest BCUT2D eigenvalue weighted by Gasteiger charge is 2.12. The molecule has 0 unspecified atom stereocenters. The lowest BCUT2D eigenvalue weighted by Gasteiger charge is -2.21. The molecule has 1 heterocycles. The first-order valence-electron chi connectivity index (χ1n) is 8.56. The first-order chi connectivity index (χ1) is 10.4. The summed E-state index contributed by atoms with van der Waals surface area (Å²) in [4.78, 5) is 8.02. The molecule has 2 N–H and O–H groups in total. The zero-order valence-electron chi connectivity index (χ0n) is 12.9. The summed E-state index contributed by atoms with van der Waals surface area (Å²) in [6.07, 6.45) is 10.8. The van der Waals surface area contributed by atoms with Crippen LogP contribution in [0.4, 0.5) is 0 Å². The molecule has 0 saturated heterocycles. The summed E-state index contributed by atoms with van der Waals surface area (Å²) in [5.41, 5.74) is 2.23. The Hall–Kier alpha value is -1.35. The zero-order valence-corrected chi connectivity index (χ0v) is 12.9. The van der Waals surface area contributed by atoms with Gasteiger partial charge in [0, 0.05) is 6.42 Å². The van der Waals surface area contributed by atoms with E-state index in [9.17, 15) is 0 Å². The van der Waals surface area contributed by atoms with Crippen LogP contribution in [0.1, 0.15) is 50.8 Å². The molecule has 1 aliphatic carbocycles. The van der Waals surface area contributed by atoms with Gasteiger partial charge in [0.15, 0.2) is 0 Å². The third kappa shape index (κ3) is 4.31. The molecule has 0 bridgehead atoms. The van der Waals surface area contributed by atoms with Crippen LogP contribution in [0.25, 0.3) is 11.0 Å². The first kappa shape index (κ1) is 14.6. The highest BCUT2D eigenvalue weighted by Crippen LogP contribution is 2.25. The molecular weight excluding hydrogens is 258 g/mol. The Morgan fingerprint density at radius 2 is 1.95 bits per heavy atom. The van der Waals surface area contributed by atoms with Crippen LogP contribution in [-0.4, -0.2) is 23.1 Å². The topological polar surface area (TPSA) is 40.7 Å². The van der Waals surface area contributed by atoms with Gasteiger partial charge < -0.3 is 10.3 Å². The molecule has 3 rings (SSSR count). The number of H-pyrrole nitrogens is 1. The summed E-state index contributed by atoms with van der Waals surface area (Å²) >= 11 is 0. The molecule has 21 heavy (non-hydrogen) atoms. The highest BCUT2D eigenvalue weighted by molar-refractivity contribution is 5.74. The summed E-state index contributed by atoms with van der Waals surface area (Å²) in [5.74, 6) is 2.10. The molecule has 3 nitrogen and oxygen atoms in total. The van der Waals surface area contributed by atoms with Crippen LogP contribution in [-0.2, 0) is 6.42 Å². The molecule has 0 amide bonds. The third-order valence-corrected chi connectivity index (χ3v) is 4.66. The molecule has 114 valence electrons. The number of hydrogen-bond acceptors (Lipinski definition) is 2. The third-order valence-electron chi connectivity index (χ3n) is 4.66. The second-order valence-corrected chi connectivity index (χ2v) is 6.35. The van der Waals surface area contributed by atoms with Crippen LogP contribution in [0.3, 0.4) is 0 Å². The smallest absolute Gasteiger partial charge is 0.107 e. The standard InChI is InChI=1S/C18H27N3/c1-2-7-15(8-3-1)12-14-19-13-6-11-18-20-16-9-4-5-10-17(16)21-18/h4-5,9-10,15,19H,1-3,6-8,11-14H2,(H,20,21). The maximum Gasteiger partial charge on any atom is 0.107 e. The molecule has 0 spiro atoms. The van der Waals surface area contributed by atoms with Crippen molar-refractivity contribution in [3.8, 4) is 0 Å². The molecule has 1 aliphatic rings. The van der Waals surface area contributed by atoms with Gasteiger partial charge in [0.1, 0.15) is 5.82 Å². The molecule has 0 aliphatic heterocycles. The maximum absolute atomic E-state index is 4.62. The second kappa shape index (κ2) is 7.60. The van der Waals surface area contributed by atoms with E-state index in [1.165, 1.54) is 45.1 Å². The maximum atomic E-state index is 4.62. The van der Waals surface area contributed by atoms with Crippen molar-refractivity contribution >= 4 is 11.0 Å². The lowest BCUT2D eigenvalue weighted by molar-refractivity contribution is 0.334. The average Bonchev–Trinajstić information content (AvgIpc) is 2.94. The summed E-state index contributed by atoms with van der Waals surface area (Å²) in [6.45, 7) is 2.29. The number of hydrogen-bond donors (Lipinski definition) is 2. The average molecular weight is 285 g/mol. The number of aromatic amines is 1. The monoisotopic (exact) mass is 285 g/mol. The number of aryl methyl sites for hydroxylation is 1. The zero-order chi connectivity index (χ0) is 14.3. The molecular formula is C18H27N3. The Morgan fingerprint density at radius 3 is 2.81 bits per heavy atom. The van der Waals surface area contributed by atoms with E-state index >= 15 is 0 Å². The van der Waals surface area contributed by atoms with Crippen LogP contribution in [0.15, 0.2) is 24.3 Å². The Labute approximate surface area is 127 Å². The number of aromatic nitrogens is 2. The van der Waals surface area contributed by atoms with Crippen molar-refractivity contribution in [3.05, 3.63) is 30.1 Å². The first-order valence-corrected chi connectivity index (χ1v) is 8.56. The predicted molar refractivity (Wildman–Crippen MR) is 88.5 cm³/mol. The number of para-hydroxylation sites is 2. The fourth-order valence-electron chi connectivity index (χ4n) is 3.41. The van der Waals surface area contributed by atoms with Crippen molar-refractivity contribution in [3.63, 3.8) is 0 Å². The Morgan fingerprint density at radius 1 is 1.10 bits per heavy atom. The lowest BCUT2D eigenvalue weighted by Crippen LogP contribution is -2.20. The molecule has 1 aromatic heterocycles. The summed E-state index contributed by atoms with van der Waals surface area (Å²) in [6, 6.07) is 8.25. The van der Waals surface area contributed by atoms with Crippen molar-refractivity contribution in [2.24, 2.45) is 5.92 Å². The van der Waals surface area contributed by atoms with Crippen molar-refractivity contribution in [2.75, 3.05) is 13.1 Å². The number of rotatable bonds is 7. The number of benzene rings is 1. The number of nitrogens with one attached hydrogen (secondary N) is 2. The molecule has 3 heteroatoms. The van der Waals surface area contributed by atoms with Crippen LogP contribution in [0, 0.1) is 5.92 Å². The molecule has 0 radical (unpaired) electrons. The Balaban J connectivity index is 1.31. The van der Waals surface area contributed by atoms with E-state index in [0.717, 1.165) is 42.2 Å². The molecule has 2 aromatic rings. The fraction of sp³-hybridized carbons (Fsp3) is 0.611. The number of imidazole rings is 1. The number of fused-ring (bicyclic) bond motifs is 1. The van der Waals surface area contributed by atoms with Gasteiger partial charge in [-0.2, -0.15) is 0 Å². The van der Waals surface area contributed by atoms with Gasteiger partial charge in [-0.25, -0.2) is 4.98 Å². The van der Waals surface area contributed by atoms with Gasteiger partial charge in [-0.05, 0) is 44.0 Å². The van der Waals surface area contributed by atoms with E-state index in [0.29, 0.717) is 0 Å². The summed E-state index contributed by atoms with van der Waals surface area (Å²) in [5, 5.41) is 3.60. The molecule has 1 saturated carbocycles. The lowest BCUT2D eigenvalue weighted by atomic mass is 9.87. The van der Waals surface area contributed by atoms with E-state index in [1.807, 2.05) is 6.07 Å². The highest BCUT2D eigenvalue weighted by atomic mass is 14.9. The number of nitrogens with zero attached hydrogens (tertiary/aromatic N) is 1. The van der Waals surface area contributed by atoms with Crippen molar-refractivity contribution < 1.29 is 0 Å². The normalized spacial score (nSPS) is 16.6. The SMILES string of the molecule is c1ccc2[nH]c(CCCNCCC3CCCCC3)nc2c1. The van der Waals surface area contributed by atoms with Crippen molar-refractivity contribution in [1.82, 2.24) is 15.3 Å². The second-order valence-electron chi connectivity index (χ2n) is 6.35. The van der Waals surface area contributed by atoms with Gasteiger partial charge in [-0.3, -0.25) is 0 Å². The minimum absolute atomic E-state index is 0.988. The van der Waals surface area contributed by atoms with E-state index < -0.39 is 0 Å².